The fourth-order valence-corrected chi connectivity index (χ4v) is 5.36. The van der Waals surface area contributed by atoms with Crippen molar-refractivity contribution in [3.8, 4) is 0 Å². The van der Waals surface area contributed by atoms with E-state index in [1.54, 1.807) is 4.90 Å². The maximum atomic E-state index is 15.1. The number of amides is 2. The normalized spacial score (nSPS) is 28.6. The number of hydrogen-bond acceptors (Lipinski definition) is 5. The van der Waals surface area contributed by atoms with Gasteiger partial charge in [0.1, 0.15) is 17.3 Å². The van der Waals surface area contributed by atoms with Crippen molar-refractivity contribution >= 4 is 17.5 Å². The summed E-state index contributed by atoms with van der Waals surface area (Å²) in [6.07, 6.45) is 2.79. The standard InChI is InChI=1S/C23H32F2N4O2/c1-14-11-28(12-15(2)29(14)13-16-5-7-26-8-6-16)22-19(24)9-17(10-20(22)25)18-3-4-21(30)27-23(18)31/h9-10,14-16,18,26H,3-8,11-13H2,1-2H3,(H,27,30,31)/t14-,15+,18?. The predicted octanol–water partition coefficient (Wildman–Crippen LogP) is 2.38. The number of nitrogens with one attached hydrogen (secondary N) is 2. The molecule has 4 rings (SSSR count). The van der Waals surface area contributed by atoms with Gasteiger partial charge in [0.2, 0.25) is 11.8 Å². The zero-order chi connectivity index (χ0) is 22.1. The van der Waals surface area contributed by atoms with Crippen LogP contribution in [0.3, 0.4) is 0 Å². The summed E-state index contributed by atoms with van der Waals surface area (Å²) in [5, 5.41) is 5.65. The Bertz CT molecular complexity index is 808. The number of anilines is 1. The number of carbonyl (C=O) groups excluding carboxylic acids is 2. The molecule has 8 heteroatoms. The van der Waals surface area contributed by atoms with Gasteiger partial charge in [0.15, 0.2) is 0 Å². The van der Waals surface area contributed by atoms with E-state index in [1.807, 2.05) is 0 Å². The van der Waals surface area contributed by atoms with Crippen molar-refractivity contribution in [2.24, 2.45) is 5.92 Å². The Kier molecular flexibility index (Phi) is 6.57. The van der Waals surface area contributed by atoms with Crippen LogP contribution in [0, 0.1) is 17.6 Å². The van der Waals surface area contributed by atoms with E-state index in [4.69, 9.17) is 0 Å². The molecule has 3 saturated heterocycles. The molecule has 0 radical (unpaired) electrons. The molecule has 3 heterocycles. The molecule has 3 aliphatic heterocycles. The minimum absolute atomic E-state index is 0.0174. The lowest BCUT2D eigenvalue weighted by Gasteiger charge is -2.47. The van der Waals surface area contributed by atoms with Crippen molar-refractivity contribution in [2.45, 2.75) is 57.5 Å². The van der Waals surface area contributed by atoms with Crippen LogP contribution in [0.1, 0.15) is 51.0 Å². The minimum Gasteiger partial charge on any atom is -0.364 e. The maximum Gasteiger partial charge on any atom is 0.234 e. The van der Waals surface area contributed by atoms with Gasteiger partial charge in [0, 0.05) is 38.1 Å². The molecule has 170 valence electrons. The zero-order valence-corrected chi connectivity index (χ0v) is 18.3. The molecule has 0 aromatic heterocycles. The quantitative estimate of drug-likeness (QED) is 0.713. The third-order valence-corrected chi connectivity index (χ3v) is 7.03. The van der Waals surface area contributed by atoms with E-state index in [9.17, 15) is 9.59 Å². The van der Waals surface area contributed by atoms with Crippen molar-refractivity contribution in [3.63, 3.8) is 0 Å². The van der Waals surface area contributed by atoms with Gasteiger partial charge in [-0.2, -0.15) is 0 Å². The van der Waals surface area contributed by atoms with E-state index >= 15 is 8.78 Å². The maximum absolute atomic E-state index is 15.1. The van der Waals surface area contributed by atoms with Gasteiger partial charge in [0.25, 0.3) is 0 Å². The molecule has 0 bridgehead atoms. The van der Waals surface area contributed by atoms with E-state index in [0.29, 0.717) is 19.0 Å². The van der Waals surface area contributed by atoms with Crippen LogP contribution in [-0.2, 0) is 9.59 Å². The number of rotatable bonds is 4. The third-order valence-electron chi connectivity index (χ3n) is 7.03. The summed E-state index contributed by atoms with van der Waals surface area (Å²) in [5.74, 6) is -2.16. The average Bonchev–Trinajstić information content (AvgIpc) is 2.71. The van der Waals surface area contributed by atoms with Crippen molar-refractivity contribution in [3.05, 3.63) is 29.3 Å². The molecule has 2 N–H and O–H groups in total. The molecule has 3 atom stereocenters. The van der Waals surface area contributed by atoms with Gasteiger partial charge in [-0.1, -0.05) is 0 Å². The highest BCUT2D eigenvalue weighted by Crippen LogP contribution is 2.33. The van der Waals surface area contributed by atoms with Crippen LogP contribution in [0.5, 0.6) is 0 Å². The number of benzene rings is 1. The summed E-state index contributed by atoms with van der Waals surface area (Å²) in [5.41, 5.74) is 0.269. The molecule has 31 heavy (non-hydrogen) atoms. The molecule has 3 fully saturated rings. The van der Waals surface area contributed by atoms with Gasteiger partial charge in [-0.05, 0) is 69.8 Å². The summed E-state index contributed by atoms with van der Waals surface area (Å²) in [7, 11) is 0. The lowest BCUT2D eigenvalue weighted by molar-refractivity contribution is -0.134. The highest BCUT2D eigenvalue weighted by Gasteiger charge is 2.35. The number of halogens is 2. The molecule has 0 spiro atoms. The average molecular weight is 435 g/mol. The summed E-state index contributed by atoms with van der Waals surface area (Å²) < 4.78 is 30.2. The number of nitrogens with zero attached hydrogens (tertiary/aromatic N) is 2. The molecule has 3 aliphatic rings. The molecule has 1 aromatic carbocycles. The van der Waals surface area contributed by atoms with Crippen LogP contribution >= 0.6 is 0 Å². The Morgan fingerprint density at radius 2 is 1.61 bits per heavy atom. The molecule has 6 nitrogen and oxygen atoms in total. The molecule has 2 amide bonds. The molecule has 1 aromatic rings. The van der Waals surface area contributed by atoms with Gasteiger partial charge in [-0.15, -0.1) is 0 Å². The molecule has 0 saturated carbocycles. The zero-order valence-electron chi connectivity index (χ0n) is 18.3. The van der Waals surface area contributed by atoms with Gasteiger partial charge in [-0.25, -0.2) is 8.78 Å². The van der Waals surface area contributed by atoms with Crippen LogP contribution in [0.25, 0.3) is 0 Å². The summed E-state index contributed by atoms with van der Waals surface area (Å²) in [6.45, 7) is 8.50. The van der Waals surface area contributed by atoms with E-state index in [1.165, 1.54) is 25.0 Å². The smallest absolute Gasteiger partial charge is 0.234 e. The summed E-state index contributed by atoms with van der Waals surface area (Å²) in [4.78, 5) is 27.7. The van der Waals surface area contributed by atoms with Crippen molar-refractivity contribution in [1.82, 2.24) is 15.5 Å². The first-order valence-corrected chi connectivity index (χ1v) is 11.4. The minimum atomic E-state index is -0.699. The van der Waals surface area contributed by atoms with Crippen LogP contribution in [0.4, 0.5) is 14.5 Å². The van der Waals surface area contributed by atoms with Gasteiger partial charge >= 0.3 is 0 Å². The SMILES string of the molecule is C[C@@H]1CN(c2c(F)cc(C3CCC(=O)NC3=O)cc2F)C[C@H](C)N1CC1CCNCC1. The third kappa shape index (κ3) is 4.75. The summed E-state index contributed by atoms with van der Waals surface area (Å²) in [6, 6.07) is 2.89. The van der Waals surface area contributed by atoms with E-state index in [-0.39, 0.29) is 42.1 Å². The lowest BCUT2D eigenvalue weighted by Crippen LogP contribution is -2.58. The second kappa shape index (κ2) is 9.20. The number of piperidine rings is 2. The Balaban J connectivity index is 1.48. The molecular weight excluding hydrogens is 402 g/mol. The summed E-state index contributed by atoms with van der Waals surface area (Å²) >= 11 is 0. The molecular formula is C23H32F2N4O2. The monoisotopic (exact) mass is 434 g/mol. The first-order chi connectivity index (χ1) is 14.8. The van der Waals surface area contributed by atoms with Gasteiger partial charge in [-0.3, -0.25) is 19.8 Å². The fourth-order valence-electron chi connectivity index (χ4n) is 5.36. The van der Waals surface area contributed by atoms with Crippen molar-refractivity contribution < 1.29 is 18.4 Å². The number of piperazine rings is 1. The molecule has 0 aliphatic carbocycles. The van der Waals surface area contributed by atoms with Crippen LogP contribution in [0.2, 0.25) is 0 Å². The topological polar surface area (TPSA) is 64.7 Å². The first kappa shape index (κ1) is 22.1. The number of hydrogen-bond donors (Lipinski definition) is 2. The van der Waals surface area contributed by atoms with Crippen LogP contribution in [0.15, 0.2) is 12.1 Å². The Morgan fingerprint density at radius 3 is 2.19 bits per heavy atom. The highest BCUT2D eigenvalue weighted by molar-refractivity contribution is 6.00. The Hall–Kier alpha value is -2.06. The van der Waals surface area contributed by atoms with Gasteiger partial charge in [0.05, 0.1) is 5.92 Å². The number of imide groups is 1. The number of carbonyl (C=O) groups is 2. The van der Waals surface area contributed by atoms with E-state index < -0.39 is 23.5 Å². The lowest BCUT2D eigenvalue weighted by atomic mass is 9.90. The second-order valence-electron chi connectivity index (χ2n) is 9.33. The van der Waals surface area contributed by atoms with Crippen LogP contribution < -0.4 is 15.5 Å². The highest BCUT2D eigenvalue weighted by atomic mass is 19.1. The van der Waals surface area contributed by atoms with E-state index in [2.05, 4.69) is 29.4 Å². The van der Waals surface area contributed by atoms with Crippen LogP contribution in [-0.4, -0.2) is 61.5 Å². The Morgan fingerprint density at radius 1 is 1.00 bits per heavy atom. The second-order valence-corrected chi connectivity index (χ2v) is 9.33. The first-order valence-electron chi connectivity index (χ1n) is 11.4. The van der Waals surface area contributed by atoms with E-state index in [0.717, 1.165) is 19.6 Å². The molecule has 1 unspecified atom stereocenters. The van der Waals surface area contributed by atoms with Crippen molar-refractivity contribution in [2.75, 3.05) is 37.6 Å². The Labute approximate surface area is 182 Å². The predicted molar refractivity (Wildman–Crippen MR) is 115 cm³/mol. The van der Waals surface area contributed by atoms with Crippen molar-refractivity contribution in [1.29, 1.82) is 0 Å². The largest absolute Gasteiger partial charge is 0.364 e. The fraction of sp³-hybridized carbons (Fsp3) is 0.652. The van der Waals surface area contributed by atoms with Gasteiger partial charge < -0.3 is 10.2 Å².